The fourth-order valence-electron chi connectivity index (χ4n) is 5.09. The third kappa shape index (κ3) is 24.2. The van der Waals surface area contributed by atoms with Crippen LogP contribution in [0.3, 0.4) is 0 Å². The van der Waals surface area contributed by atoms with Gasteiger partial charge in [0.1, 0.15) is 17.6 Å². The van der Waals surface area contributed by atoms with Crippen molar-refractivity contribution in [2.45, 2.75) is 96.7 Å². The average Bonchev–Trinajstić information content (AvgIpc) is 3.14. The molecule has 1 N–H and O–H groups in total. The smallest absolute Gasteiger partial charge is 0.450 e. The quantitative estimate of drug-likeness (QED) is 0.0323. The fourth-order valence-corrected chi connectivity index (χ4v) is 6.61. The molecule has 2 atom stereocenters. The molecule has 2 aliphatic rings. The molecule has 0 saturated carbocycles. The van der Waals surface area contributed by atoms with Gasteiger partial charge < -0.3 is 38.6 Å². The Balaban J connectivity index is 0.000000509. The molecule has 2 amide bonds. The number of rotatable bonds is 11. The van der Waals surface area contributed by atoms with Crippen LogP contribution >= 0.6 is 11.6 Å². The summed E-state index contributed by atoms with van der Waals surface area (Å²) in [6.07, 6.45) is 7.25. The van der Waals surface area contributed by atoms with E-state index in [0.717, 1.165) is 18.5 Å². The molecule has 18 nitrogen and oxygen atoms in total. The summed E-state index contributed by atoms with van der Waals surface area (Å²) < 4.78 is 25.5. The highest BCUT2D eigenvalue weighted by atomic mass is 35.5. The number of ether oxygens (including phenoxy) is 5. The molecule has 62 heavy (non-hydrogen) atoms. The number of carbonyl (C=O) groups is 4. The minimum atomic E-state index is -1.27. The lowest BCUT2D eigenvalue weighted by Crippen LogP contribution is -2.37. The Morgan fingerprint density at radius 1 is 0.694 bits per heavy atom. The second kappa shape index (κ2) is 27.6. The van der Waals surface area contributed by atoms with Gasteiger partial charge in [0.05, 0.1) is 29.2 Å². The predicted octanol–water partition coefficient (Wildman–Crippen LogP) is 10.0. The van der Waals surface area contributed by atoms with E-state index >= 15 is 0 Å². The monoisotopic (exact) mass is 924 g/mol. The van der Waals surface area contributed by atoms with E-state index in [1.165, 1.54) is 48.5 Å². The molecule has 4 rings (SSSR count). The Bertz CT molecular complexity index is 1800. The van der Waals surface area contributed by atoms with Crippen LogP contribution < -0.4 is 9.47 Å². The summed E-state index contributed by atoms with van der Waals surface area (Å²) in [7, 11) is -2.42. The van der Waals surface area contributed by atoms with E-state index in [9.17, 15) is 44.5 Å². The van der Waals surface area contributed by atoms with Gasteiger partial charge in [-0.25, -0.2) is 19.2 Å². The van der Waals surface area contributed by atoms with Crippen LogP contribution in [0.15, 0.2) is 72.8 Å². The molecule has 0 aromatic heterocycles. The SMILES string of the molecule is C.C[Si](C)(C)CCOC(=O)N1CC/C=C/[C@@H](O)CC1.C[Si](C)(C)CCOC(=O)N1CC/C=C/[C@@H](OC(=O)Oc2ccc([N+](=O)[O-])cc2)CC1.O=C(Cl)Oc1ccc([N+](=O)[O-])cc1. The first kappa shape index (κ1) is 54.7. The van der Waals surface area contributed by atoms with Gasteiger partial charge in [0.25, 0.3) is 11.4 Å². The van der Waals surface area contributed by atoms with Crippen LogP contribution in [-0.2, 0) is 14.2 Å². The summed E-state index contributed by atoms with van der Waals surface area (Å²) in [4.78, 5) is 69.5. The standard InChI is InChI=1S/C20H28N2O7Si.C13H25NO3Si.C7H4ClNO4.CH4/c1-30(2,3)15-14-27-19(23)21-12-5-4-6-17(11-13-21)28-20(24)29-18-9-7-16(8-10-18)22(25)26;1-18(2,3)11-10-17-13(16)14-8-5-4-6-12(15)7-9-14;8-7(10)13-6-3-1-5(2-4-6)9(11)12;/h4,6-10,17H,5,11-15H2,1-3H3;4,6,12,15H,5,7-11H2,1-3H3;1-4H;1H4/b2*6-4+;;/t17-;12-;;/m11../s1. The number of carbonyl (C=O) groups excluding carboxylic acids is 4. The summed E-state index contributed by atoms with van der Waals surface area (Å²) in [6.45, 7) is 16.6. The fraction of sp³-hybridized carbons (Fsp3) is 0.512. The minimum Gasteiger partial charge on any atom is -0.450 e. The third-order valence-corrected chi connectivity index (χ3v) is 12.1. The number of nitrogens with zero attached hydrogens (tertiary/aromatic N) is 4. The second-order valence-electron chi connectivity index (χ2n) is 16.3. The lowest BCUT2D eigenvalue weighted by molar-refractivity contribution is -0.385. The lowest BCUT2D eigenvalue weighted by atomic mass is 10.1. The zero-order valence-corrected chi connectivity index (χ0v) is 38.2. The van der Waals surface area contributed by atoms with Crippen LogP contribution in [0, 0.1) is 20.2 Å². The maximum atomic E-state index is 12.3. The summed E-state index contributed by atoms with van der Waals surface area (Å²) >= 11 is 4.92. The molecule has 0 spiro atoms. The summed E-state index contributed by atoms with van der Waals surface area (Å²) in [5.74, 6) is 0.318. The maximum absolute atomic E-state index is 12.3. The van der Waals surface area contributed by atoms with E-state index in [0.29, 0.717) is 58.7 Å². The predicted molar refractivity (Wildman–Crippen MR) is 241 cm³/mol. The van der Waals surface area contributed by atoms with Crippen molar-refractivity contribution in [3.05, 3.63) is 93.1 Å². The Labute approximate surface area is 370 Å². The molecule has 0 bridgehead atoms. The number of hydrogen-bond donors (Lipinski definition) is 1. The lowest BCUT2D eigenvalue weighted by Gasteiger charge is -2.26. The van der Waals surface area contributed by atoms with E-state index in [2.05, 4.69) is 44.0 Å². The van der Waals surface area contributed by atoms with Crippen LogP contribution in [0.1, 0.15) is 33.1 Å². The van der Waals surface area contributed by atoms with Gasteiger partial charge in [0.2, 0.25) is 0 Å². The van der Waals surface area contributed by atoms with Gasteiger partial charge in [-0.3, -0.25) is 20.2 Å². The molecular weight excluding hydrogens is 864 g/mol. The van der Waals surface area contributed by atoms with Crippen molar-refractivity contribution in [2.75, 3.05) is 39.4 Å². The van der Waals surface area contributed by atoms with Crippen molar-refractivity contribution in [1.29, 1.82) is 0 Å². The number of halogens is 1. The molecule has 2 aliphatic heterocycles. The number of aliphatic hydroxyl groups is 1. The average molecular weight is 926 g/mol. The van der Waals surface area contributed by atoms with Crippen LogP contribution in [0.25, 0.3) is 0 Å². The molecule has 2 aromatic rings. The first-order chi connectivity index (χ1) is 28.6. The summed E-state index contributed by atoms with van der Waals surface area (Å²) in [5, 5.41) is 30.4. The van der Waals surface area contributed by atoms with Crippen molar-refractivity contribution >= 4 is 62.9 Å². The molecule has 2 aromatic carbocycles. The van der Waals surface area contributed by atoms with Crippen molar-refractivity contribution < 1.29 is 57.8 Å². The Kier molecular flexibility index (Phi) is 24.3. The third-order valence-electron chi connectivity index (χ3n) is 8.63. The first-order valence-electron chi connectivity index (χ1n) is 19.7. The zero-order chi connectivity index (χ0) is 45.6. The molecule has 0 fully saturated rings. The molecule has 21 heteroatoms. The number of amides is 2. The van der Waals surface area contributed by atoms with Gasteiger partial charge in [-0.1, -0.05) is 64.9 Å². The van der Waals surface area contributed by atoms with Gasteiger partial charge in [0.15, 0.2) is 0 Å². The van der Waals surface area contributed by atoms with Gasteiger partial charge in [0, 0.05) is 84.6 Å². The van der Waals surface area contributed by atoms with Crippen molar-refractivity contribution in [3.8, 4) is 11.5 Å². The maximum Gasteiger partial charge on any atom is 0.514 e. The summed E-state index contributed by atoms with van der Waals surface area (Å²) in [5.41, 5.74) is -1.15. The summed E-state index contributed by atoms with van der Waals surface area (Å²) in [6, 6.07) is 12.0. The van der Waals surface area contributed by atoms with Gasteiger partial charge in [-0.15, -0.1) is 0 Å². The number of non-ortho nitro benzene ring substituents is 2. The van der Waals surface area contributed by atoms with E-state index in [-0.39, 0.29) is 42.5 Å². The van der Waals surface area contributed by atoms with Crippen molar-refractivity contribution in [1.82, 2.24) is 9.80 Å². The number of nitro benzene ring substituents is 2. The Morgan fingerprint density at radius 2 is 1.11 bits per heavy atom. The largest absolute Gasteiger partial charge is 0.514 e. The van der Waals surface area contributed by atoms with Crippen LogP contribution in [0.5, 0.6) is 11.5 Å². The first-order valence-corrected chi connectivity index (χ1v) is 27.5. The van der Waals surface area contributed by atoms with Crippen molar-refractivity contribution in [2.24, 2.45) is 0 Å². The number of nitro groups is 2. The molecular formula is C41H61ClN4O14Si2. The highest BCUT2D eigenvalue weighted by molar-refractivity contribution is 6.76. The zero-order valence-electron chi connectivity index (χ0n) is 35.5. The molecule has 0 unspecified atom stereocenters. The highest BCUT2D eigenvalue weighted by Gasteiger charge is 2.23. The second-order valence-corrected chi connectivity index (χ2v) is 27.8. The van der Waals surface area contributed by atoms with Crippen LogP contribution in [-0.4, -0.2) is 116 Å². The van der Waals surface area contributed by atoms with Crippen LogP contribution in [0.2, 0.25) is 51.4 Å². The molecule has 0 saturated heterocycles. The number of aliphatic hydroxyl groups excluding tert-OH is 1. The minimum absolute atomic E-state index is 0. The molecule has 2 heterocycles. The number of hydrogen-bond acceptors (Lipinski definition) is 14. The normalized spacial score (nSPS) is 17.4. The van der Waals surface area contributed by atoms with E-state index < -0.39 is 49.8 Å². The van der Waals surface area contributed by atoms with Crippen LogP contribution in [0.4, 0.5) is 30.6 Å². The Hall–Kier alpha value is -5.32. The Morgan fingerprint density at radius 3 is 1.53 bits per heavy atom. The molecule has 344 valence electrons. The number of benzene rings is 2. The van der Waals surface area contributed by atoms with Gasteiger partial charge in [-0.05, 0) is 61.7 Å². The molecule has 0 radical (unpaired) electrons. The van der Waals surface area contributed by atoms with Gasteiger partial charge in [-0.2, -0.15) is 0 Å². The highest BCUT2D eigenvalue weighted by Crippen LogP contribution is 2.20. The van der Waals surface area contributed by atoms with Crippen molar-refractivity contribution in [3.63, 3.8) is 0 Å². The topological polar surface area (TPSA) is 227 Å². The van der Waals surface area contributed by atoms with E-state index in [1.54, 1.807) is 22.0 Å². The van der Waals surface area contributed by atoms with Gasteiger partial charge >= 0.3 is 23.8 Å². The van der Waals surface area contributed by atoms with E-state index in [4.69, 9.17) is 30.5 Å². The van der Waals surface area contributed by atoms with E-state index in [1.807, 2.05) is 12.2 Å². The molecule has 0 aliphatic carbocycles.